The summed E-state index contributed by atoms with van der Waals surface area (Å²) in [5.41, 5.74) is 6.95. The van der Waals surface area contributed by atoms with Crippen molar-refractivity contribution in [1.82, 2.24) is 4.90 Å². The van der Waals surface area contributed by atoms with Gasteiger partial charge in [0, 0.05) is 24.7 Å². The minimum Gasteiger partial charge on any atom is -0.494 e. The molecule has 5 nitrogen and oxygen atoms in total. The molecule has 0 saturated heterocycles. The summed E-state index contributed by atoms with van der Waals surface area (Å²) >= 11 is 0. The number of ether oxygens (including phenoxy) is 1. The number of rotatable bonds is 8. The first-order chi connectivity index (χ1) is 9.56. The lowest BCUT2D eigenvalue weighted by Gasteiger charge is -2.16. The molecule has 0 aliphatic rings. The van der Waals surface area contributed by atoms with E-state index in [0.717, 1.165) is 19.5 Å². The molecule has 5 heteroatoms. The largest absolute Gasteiger partial charge is 0.494 e. The zero-order valence-electron chi connectivity index (χ0n) is 12.6. The van der Waals surface area contributed by atoms with E-state index in [1.807, 2.05) is 7.05 Å². The molecule has 0 unspecified atom stereocenters. The van der Waals surface area contributed by atoms with Crippen LogP contribution in [0.5, 0.6) is 5.75 Å². The van der Waals surface area contributed by atoms with Crippen molar-refractivity contribution in [3.63, 3.8) is 0 Å². The Bertz CT molecular complexity index is 435. The molecule has 0 spiro atoms. The van der Waals surface area contributed by atoms with Crippen LogP contribution in [0.1, 0.15) is 26.2 Å². The Morgan fingerprint density at radius 3 is 2.80 bits per heavy atom. The van der Waals surface area contributed by atoms with E-state index in [0.29, 0.717) is 23.5 Å². The highest BCUT2D eigenvalue weighted by Crippen LogP contribution is 2.26. The van der Waals surface area contributed by atoms with Crippen LogP contribution in [0.3, 0.4) is 0 Å². The molecule has 0 saturated carbocycles. The van der Waals surface area contributed by atoms with Crippen LogP contribution in [0, 0.1) is 0 Å². The molecule has 1 amide bonds. The van der Waals surface area contributed by atoms with E-state index in [4.69, 9.17) is 10.5 Å². The molecular formula is C15H25N3O2. The second-order valence-corrected chi connectivity index (χ2v) is 4.91. The number of carbonyl (C=O) groups is 1. The van der Waals surface area contributed by atoms with Gasteiger partial charge in [0.05, 0.1) is 12.8 Å². The quantitative estimate of drug-likeness (QED) is 0.717. The first-order valence-corrected chi connectivity index (χ1v) is 6.98. The zero-order valence-corrected chi connectivity index (χ0v) is 12.6. The van der Waals surface area contributed by atoms with Crippen molar-refractivity contribution in [2.24, 2.45) is 0 Å². The number of anilines is 2. The fourth-order valence-electron chi connectivity index (χ4n) is 1.86. The Kier molecular flexibility index (Phi) is 6.87. The van der Waals surface area contributed by atoms with Crippen molar-refractivity contribution in [2.45, 2.75) is 26.2 Å². The van der Waals surface area contributed by atoms with Gasteiger partial charge in [-0.25, -0.2) is 0 Å². The molecule has 0 fully saturated rings. The third kappa shape index (κ3) is 5.48. The Morgan fingerprint density at radius 2 is 2.15 bits per heavy atom. The van der Waals surface area contributed by atoms with Crippen molar-refractivity contribution in [3.05, 3.63) is 18.2 Å². The smallest absolute Gasteiger partial charge is 0.225 e. The van der Waals surface area contributed by atoms with Gasteiger partial charge in [-0.2, -0.15) is 0 Å². The number of methoxy groups -OCH3 is 1. The molecule has 3 N–H and O–H groups in total. The summed E-state index contributed by atoms with van der Waals surface area (Å²) in [5, 5.41) is 2.85. The van der Waals surface area contributed by atoms with Gasteiger partial charge >= 0.3 is 0 Å². The summed E-state index contributed by atoms with van der Waals surface area (Å²) in [4.78, 5) is 14.1. The predicted molar refractivity (Wildman–Crippen MR) is 83.1 cm³/mol. The zero-order chi connectivity index (χ0) is 15.0. The minimum absolute atomic E-state index is 0.0172. The van der Waals surface area contributed by atoms with E-state index < -0.39 is 0 Å². The minimum atomic E-state index is -0.0172. The number of amides is 1. The predicted octanol–water partition coefficient (Wildman–Crippen LogP) is 2.34. The number of nitrogens with two attached hydrogens (primary N) is 1. The number of nitrogens with zero attached hydrogens (tertiary/aromatic N) is 1. The molecule has 0 aliphatic heterocycles. The van der Waals surface area contributed by atoms with Crippen LogP contribution in [-0.4, -0.2) is 38.1 Å². The SMILES string of the molecule is CCCCN(C)CCC(=O)Nc1ccc(N)cc1OC. The van der Waals surface area contributed by atoms with Gasteiger partial charge in [0.25, 0.3) is 0 Å². The number of hydrogen-bond donors (Lipinski definition) is 2. The molecular weight excluding hydrogens is 254 g/mol. The van der Waals surface area contributed by atoms with E-state index in [1.165, 1.54) is 6.42 Å². The molecule has 0 atom stereocenters. The Labute approximate surface area is 121 Å². The Balaban J connectivity index is 2.46. The highest BCUT2D eigenvalue weighted by molar-refractivity contribution is 5.92. The van der Waals surface area contributed by atoms with E-state index >= 15 is 0 Å². The normalized spacial score (nSPS) is 10.6. The molecule has 0 heterocycles. The molecule has 1 aromatic rings. The summed E-state index contributed by atoms with van der Waals surface area (Å²) in [6.45, 7) is 3.94. The summed E-state index contributed by atoms with van der Waals surface area (Å²) in [5.74, 6) is 0.564. The number of hydrogen-bond acceptors (Lipinski definition) is 4. The van der Waals surface area contributed by atoms with Gasteiger partial charge in [0.15, 0.2) is 0 Å². The fourth-order valence-corrected chi connectivity index (χ4v) is 1.86. The van der Waals surface area contributed by atoms with E-state index in [-0.39, 0.29) is 5.91 Å². The third-order valence-corrected chi connectivity index (χ3v) is 3.11. The lowest BCUT2D eigenvalue weighted by Crippen LogP contribution is -2.25. The number of carbonyl (C=O) groups excluding carboxylic acids is 1. The van der Waals surface area contributed by atoms with Crippen LogP contribution in [0.2, 0.25) is 0 Å². The molecule has 0 bridgehead atoms. The standard InChI is InChI=1S/C15H25N3O2/c1-4-5-9-18(2)10-8-15(19)17-13-7-6-12(16)11-14(13)20-3/h6-7,11H,4-5,8-10,16H2,1-3H3,(H,17,19). The second-order valence-electron chi connectivity index (χ2n) is 4.91. The van der Waals surface area contributed by atoms with Gasteiger partial charge in [-0.1, -0.05) is 13.3 Å². The van der Waals surface area contributed by atoms with E-state index in [9.17, 15) is 4.79 Å². The maximum Gasteiger partial charge on any atom is 0.225 e. The van der Waals surface area contributed by atoms with Crippen molar-refractivity contribution in [3.8, 4) is 5.75 Å². The Morgan fingerprint density at radius 1 is 1.40 bits per heavy atom. The van der Waals surface area contributed by atoms with Gasteiger partial charge in [-0.3, -0.25) is 4.79 Å². The lowest BCUT2D eigenvalue weighted by molar-refractivity contribution is -0.116. The number of nitrogens with one attached hydrogen (secondary N) is 1. The molecule has 1 rings (SSSR count). The summed E-state index contributed by atoms with van der Waals surface area (Å²) in [7, 11) is 3.59. The van der Waals surface area contributed by atoms with Crippen molar-refractivity contribution in [2.75, 3.05) is 38.3 Å². The fraction of sp³-hybridized carbons (Fsp3) is 0.533. The van der Waals surface area contributed by atoms with Crippen LogP contribution in [0.4, 0.5) is 11.4 Å². The lowest BCUT2D eigenvalue weighted by atomic mass is 10.2. The Hall–Kier alpha value is -1.75. The highest BCUT2D eigenvalue weighted by atomic mass is 16.5. The maximum atomic E-state index is 11.9. The number of nitrogen functional groups attached to an aromatic ring is 1. The molecule has 1 aromatic carbocycles. The number of unbranched alkanes of at least 4 members (excludes halogenated alkanes) is 1. The molecule has 20 heavy (non-hydrogen) atoms. The average Bonchev–Trinajstić information content (AvgIpc) is 2.44. The monoisotopic (exact) mass is 279 g/mol. The summed E-state index contributed by atoms with van der Waals surface area (Å²) in [6, 6.07) is 5.20. The van der Waals surface area contributed by atoms with E-state index in [1.54, 1.807) is 25.3 Å². The van der Waals surface area contributed by atoms with Crippen molar-refractivity contribution < 1.29 is 9.53 Å². The summed E-state index contributed by atoms with van der Waals surface area (Å²) < 4.78 is 5.20. The summed E-state index contributed by atoms with van der Waals surface area (Å²) in [6.07, 6.45) is 2.79. The first-order valence-electron chi connectivity index (χ1n) is 6.98. The van der Waals surface area contributed by atoms with Gasteiger partial charge in [-0.15, -0.1) is 0 Å². The number of benzene rings is 1. The second kappa shape index (κ2) is 8.43. The molecule has 0 radical (unpaired) electrons. The van der Waals surface area contributed by atoms with Gasteiger partial charge < -0.3 is 20.7 Å². The van der Waals surface area contributed by atoms with E-state index in [2.05, 4.69) is 17.1 Å². The first kappa shape index (κ1) is 16.3. The van der Waals surface area contributed by atoms with Gasteiger partial charge in [-0.05, 0) is 32.1 Å². The molecule has 0 aromatic heterocycles. The highest BCUT2D eigenvalue weighted by Gasteiger charge is 2.09. The van der Waals surface area contributed by atoms with Gasteiger partial charge in [0.1, 0.15) is 5.75 Å². The third-order valence-electron chi connectivity index (χ3n) is 3.11. The molecule has 112 valence electrons. The van der Waals surface area contributed by atoms with Crippen molar-refractivity contribution >= 4 is 17.3 Å². The van der Waals surface area contributed by atoms with Crippen LogP contribution in [0.15, 0.2) is 18.2 Å². The maximum absolute atomic E-state index is 11.9. The molecule has 0 aliphatic carbocycles. The van der Waals surface area contributed by atoms with Crippen molar-refractivity contribution in [1.29, 1.82) is 0 Å². The average molecular weight is 279 g/mol. The topological polar surface area (TPSA) is 67.6 Å². The van der Waals surface area contributed by atoms with Gasteiger partial charge in [0.2, 0.25) is 5.91 Å². The van der Waals surface area contributed by atoms with Crippen LogP contribution in [0.25, 0.3) is 0 Å². The van der Waals surface area contributed by atoms with Crippen LogP contribution in [-0.2, 0) is 4.79 Å². The van der Waals surface area contributed by atoms with Crippen LogP contribution >= 0.6 is 0 Å². The van der Waals surface area contributed by atoms with Crippen LogP contribution < -0.4 is 15.8 Å².